The van der Waals surface area contributed by atoms with Gasteiger partial charge in [-0.1, -0.05) is 121 Å². The highest BCUT2D eigenvalue weighted by Gasteiger charge is 2.26. The summed E-state index contributed by atoms with van der Waals surface area (Å²) in [6.45, 7) is 9.79. The van der Waals surface area contributed by atoms with Crippen molar-refractivity contribution >= 4 is 47.2 Å². The van der Waals surface area contributed by atoms with Gasteiger partial charge >= 0.3 is 0 Å². The van der Waals surface area contributed by atoms with E-state index >= 15 is 0 Å². The molecule has 0 aliphatic heterocycles. The number of carbonyl (C=O) groups is 4. The SMILES string of the molecule is CCC(CO[C@](C)(CC)CCNC(=O)/C(=C/C(C)=C/c1ccc(N=[N+]=[N-])cc1)NC(=O)c1ccccc1)NC(=O)/C(=C/C(C)=C/c1ccc(N=[N+]=[N-])cc1)NC(=O)c1ccccc1. The lowest BCUT2D eigenvalue weighted by molar-refractivity contribution is -0.121. The number of rotatable bonds is 21. The lowest BCUT2D eigenvalue weighted by atomic mass is 9.98. The molecule has 0 heterocycles. The number of carbonyl (C=O) groups excluding carboxylic acids is 4. The van der Waals surface area contributed by atoms with Crippen LogP contribution in [-0.4, -0.2) is 48.4 Å². The molecule has 0 aromatic heterocycles. The van der Waals surface area contributed by atoms with Gasteiger partial charge in [-0.05, 0) is 110 Å². The van der Waals surface area contributed by atoms with Crippen LogP contribution in [-0.2, 0) is 14.3 Å². The van der Waals surface area contributed by atoms with Crippen molar-refractivity contribution in [3.8, 4) is 0 Å². The number of hydrogen-bond donors (Lipinski definition) is 4. The summed E-state index contributed by atoms with van der Waals surface area (Å²) in [7, 11) is 0. The number of amides is 4. The fraction of sp³-hybridized carbons (Fsp3) is 0.250. The van der Waals surface area contributed by atoms with Crippen molar-refractivity contribution in [2.45, 2.75) is 65.5 Å². The Kier molecular flexibility index (Phi) is 18.7. The molecule has 15 heteroatoms. The molecule has 0 spiro atoms. The van der Waals surface area contributed by atoms with Gasteiger partial charge in [0.2, 0.25) is 0 Å². The molecule has 324 valence electrons. The Morgan fingerprint density at radius 1 is 0.683 bits per heavy atom. The zero-order valence-corrected chi connectivity index (χ0v) is 36.0. The molecule has 0 bridgehead atoms. The molecule has 4 aromatic carbocycles. The molecular weight excluding hydrogens is 797 g/mol. The normalized spacial score (nSPS) is 13.3. The van der Waals surface area contributed by atoms with Gasteiger partial charge < -0.3 is 26.0 Å². The third kappa shape index (κ3) is 16.0. The predicted octanol–water partition coefficient (Wildman–Crippen LogP) is 10.3. The third-order valence-corrected chi connectivity index (χ3v) is 9.85. The Bertz CT molecular complexity index is 2430. The number of hydrogen-bond acceptors (Lipinski definition) is 7. The van der Waals surface area contributed by atoms with E-state index in [4.69, 9.17) is 15.8 Å². The van der Waals surface area contributed by atoms with Crippen molar-refractivity contribution in [2.24, 2.45) is 10.2 Å². The van der Waals surface area contributed by atoms with Gasteiger partial charge in [-0.15, -0.1) is 0 Å². The van der Waals surface area contributed by atoms with Gasteiger partial charge in [0, 0.05) is 38.9 Å². The highest BCUT2D eigenvalue weighted by molar-refractivity contribution is 6.04. The first-order valence-electron chi connectivity index (χ1n) is 20.4. The minimum atomic E-state index is -0.701. The van der Waals surface area contributed by atoms with Crippen LogP contribution in [0.4, 0.5) is 11.4 Å². The number of benzene rings is 4. The molecule has 0 saturated heterocycles. The van der Waals surface area contributed by atoms with Crippen molar-refractivity contribution in [2.75, 3.05) is 13.2 Å². The lowest BCUT2D eigenvalue weighted by Crippen LogP contribution is -2.45. The minimum Gasteiger partial charge on any atom is -0.373 e. The quantitative estimate of drug-likeness (QED) is 0.0211. The Labute approximate surface area is 367 Å². The van der Waals surface area contributed by atoms with Gasteiger partial charge in [0.1, 0.15) is 11.4 Å². The monoisotopic (exact) mass is 848 g/mol. The molecule has 63 heavy (non-hydrogen) atoms. The Morgan fingerprint density at radius 3 is 1.54 bits per heavy atom. The summed E-state index contributed by atoms with van der Waals surface area (Å²) in [5.74, 6) is -1.89. The standard InChI is InChI=1S/C48H52N10O5/c1-6-39(52-47(62)43(54-45(60)38-16-12-9-13-17-38)31-34(4)29-36-20-24-41(25-21-36)56-58-50)32-63-48(5,7-2)26-27-51-46(61)42(53-44(59)37-14-10-8-11-15-37)30-33(3)28-35-18-22-40(23-19-35)55-57-49/h8-25,28-31,39H,6-7,26-27,32H2,1-5H3,(H,51,61)(H,52,62)(H,53,59)(H,54,60)/b33-28+,34-29+,42-30-,43-31-/t39?,48-/m1/s1. The van der Waals surface area contributed by atoms with Crippen molar-refractivity contribution < 1.29 is 23.9 Å². The highest BCUT2D eigenvalue weighted by atomic mass is 16.5. The molecule has 0 radical (unpaired) electrons. The van der Waals surface area contributed by atoms with Crippen LogP contribution in [0, 0.1) is 0 Å². The van der Waals surface area contributed by atoms with E-state index < -0.39 is 35.3 Å². The van der Waals surface area contributed by atoms with Crippen LogP contribution in [0.5, 0.6) is 0 Å². The second-order valence-electron chi connectivity index (χ2n) is 14.8. The summed E-state index contributed by atoms with van der Waals surface area (Å²) in [5.41, 5.74) is 21.5. The molecule has 15 nitrogen and oxygen atoms in total. The maximum absolute atomic E-state index is 13.8. The largest absolute Gasteiger partial charge is 0.373 e. The Balaban J connectivity index is 1.44. The topological polar surface area (TPSA) is 223 Å². The fourth-order valence-corrected chi connectivity index (χ4v) is 6.04. The van der Waals surface area contributed by atoms with Crippen molar-refractivity contribution in [1.29, 1.82) is 0 Å². The van der Waals surface area contributed by atoms with Crippen molar-refractivity contribution in [3.05, 3.63) is 187 Å². The fourth-order valence-electron chi connectivity index (χ4n) is 6.04. The molecule has 2 atom stereocenters. The third-order valence-electron chi connectivity index (χ3n) is 9.85. The van der Waals surface area contributed by atoms with E-state index in [1.165, 1.54) is 0 Å². The second kappa shape index (κ2) is 24.5. The van der Waals surface area contributed by atoms with Crippen LogP contribution >= 0.6 is 0 Å². The first kappa shape index (κ1) is 48.0. The molecule has 0 aliphatic carbocycles. The van der Waals surface area contributed by atoms with E-state index in [0.29, 0.717) is 52.9 Å². The maximum atomic E-state index is 13.8. The van der Waals surface area contributed by atoms with Crippen LogP contribution in [0.3, 0.4) is 0 Å². The van der Waals surface area contributed by atoms with E-state index in [9.17, 15) is 19.2 Å². The number of nitrogens with zero attached hydrogens (tertiary/aromatic N) is 6. The summed E-state index contributed by atoms with van der Waals surface area (Å²) in [6.07, 6.45) is 8.37. The summed E-state index contributed by atoms with van der Waals surface area (Å²) in [4.78, 5) is 59.5. The van der Waals surface area contributed by atoms with Crippen LogP contribution in [0.1, 0.15) is 85.7 Å². The summed E-state index contributed by atoms with van der Waals surface area (Å²) in [5, 5.41) is 18.7. The molecular formula is C48H52N10O5. The second-order valence-corrected chi connectivity index (χ2v) is 14.8. The van der Waals surface area contributed by atoms with E-state index in [2.05, 4.69) is 41.3 Å². The van der Waals surface area contributed by atoms with Gasteiger partial charge in [0.25, 0.3) is 23.6 Å². The zero-order chi connectivity index (χ0) is 45.6. The molecule has 0 saturated carbocycles. The molecule has 0 fully saturated rings. The first-order chi connectivity index (χ1) is 30.3. The Morgan fingerprint density at radius 2 is 1.13 bits per heavy atom. The Hall–Kier alpha value is -7.70. The molecule has 4 rings (SSSR count). The van der Waals surface area contributed by atoms with Gasteiger partial charge in [-0.25, -0.2) is 0 Å². The van der Waals surface area contributed by atoms with Crippen molar-refractivity contribution in [3.63, 3.8) is 0 Å². The first-order valence-corrected chi connectivity index (χ1v) is 20.4. The molecule has 0 aliphatic rings. The average Bonchev–Trinajstić information content (AvgIpc) is 3.29. The number of allylic oxidation sites excluding steroid dienone is 4. The summed E-state index contributed by atoms with van der Waals surface area (Å²) < 4.78 is 6.44. The number of ether oxygens (including phenoxy) is 1. The van der Waals surface area contributed by atoms with Crippen LogP contribution < -0.4 is 21.3 Å². The van der Waals surface area contributed by atoms with E-state index in [1.54, 1.807) is 135 Å². The van der Waals surface area contributed by atoms with Crippen LogP contribution in [0.25, 0.3) is 33.0 Å². The summed E-state index contributed by atoms with van der Waals surface area (Å²) in [6, 6.07) is 30.6. The number of azide groups is 2. The van der Waals surface area contributed by atoms with E-state index in [0.717, 1.165) is 11.1 Å². The van der Waals surface area contributed by atoms with E-state index in [1.807, 2.05) is 32.9 Å². The summed E-state index contributed by atoms with van der Waals surface area (Å²) >= 11 is 0. The van der Waals surface area contributed by atoms with Gasteiger partial charge in [0.15, 0.2) is 0 Å². The molecule has 4 amide bonds. The van der Waals surface area contributed by atoms with Crippen molar-refractivity contribution in [1.82, 2.24) is 21.3 Å². The molecule has 1 unspecified atom stereocenters. The van der Waals surface area contributed by atoms with Gasteiger partial charge in [0.05, 0.1) is 18.2 Å². The smallest absolute Gasteiger partial charge is 0.268 e. The molecule has 4 aromatic rings. The maximum Gasteiger partial charge on any atom is 0.268 e. The lowest BCUT2D eigenvalue weighted by Gasteiger charge is -2.31. The minimum absolute atomic E-state index is 0.0410. The van der Waals surface area contributed by atoms with Crippen LogP contribution in [0.2, 0.25) is 0 Å². The number of nitrogens with one attached hydrogen (secondary N) is 4. The highest BCUT2D eigenvalue weighted by Crippen LogP contribution is 2.21. The zero-order valence-electron chi connectivity index (χ0n) is 36.0. The predicted molar refractivity (Wildman–Crippen MR) is 246 cm³/mol. The average molecular weight is 849 g/mol. The van der Waals surface area contributed by atoms with Crippen LogP contribution in [0.15, 0.2) is 154 Å². The van der Waals surface area contributed by atoms with E-state index in [-0.39, 0.29) is 24.5 Å². The van der Waals surface area contributed by atoms with Gasteiger partial charge in [-0.2, -0.15) is 0 Å². The molecule has 4 N–H and O–H groups in total. The van der Waals surface area contributed by atoms with Gasteiger partial charge in [-0.3, -0.25) is 19.2 Å².